The van der Waals surface area contributed by atoms with E-state index in [1.54, 1.807) is 12.1 Å². The molecule has 3 nitrogen and oxygen atoms in total. The van der Waals surface area contributed by atoms with Crippen molar-refractivity contribution in [1.29, 1.82) is 0 Å². The van der Waals surface area contributed by atoms with Crippen LogP contribution in [0.15, 0.2) is 12.1 Å². The van der Waals surface area contributed by atoms with Gasteiger partial charge in [0.25, 0.3) is 0 Å². The Morgan fingerprint density at radius 1 is 1.22 bits per heavy atom. The summed E-state index contributed by atoms with van der Waals surface area (Å²) in [6, 6.07) is 3.74. The second-order valence-corrected chi connectivity index (χ2v) is 5.62. The molecule has 0 radical (unpaired) electrons. The van der Waals surface area contributed by atoms with E-state index in [4.69, 9.17) is 23.2 Å². The smallest absolute Gasteiger partial charge is 0.152 e. The molecule has 1 fully saturated rings. The number of aliphatic hydroxyl groups excluding tert-OH is 1. The summed E-state index contributed by atoms with van der Waals surface area (Å²) in [4.78, 5) is 0. The summed E-state index contributed by atoms with van der Waals surface area (Å²) < 4.78 is 0. The van der Waals surface area contributed by atoms with Crippen molar-refractivity contribution in [3.05, 3.63) is 27.7 Å². The molecule has 0 heterocycles. The fourth-order valence-electron chi connectivity index (χ4n) is 2.33. The third-order valence-electron chi connectivity index (χ3n) is 3.32. The number of aromatic hydroxyl groups is 1. The Balaban J connectivity index is 1.94. The molecular weight excluding hydrogens is 273 g/mol. The fraction of sp³-hybridized carbons (Fsp3) is 0.538. The van der Waals surface area contributed by atoms with E-state index in [-0.39, 0.29) is 21.9 Å². The number of hydrogen-bond acceptors (Lipinski definition) is 3. The maximum atomic E-state index is 9.59. The Labute approximate surface area is 117 Å². The zero-order chi connectivity index (χ0) is 13.1. The highest BCUT2D eigenvalue weighted by atomic mass is 35.5. The first kappa shape index (κ1) is 13.9. The number of aliphatic hydroxyl groups is 1. The normalized spacial score (nSPS) is 24.2. The number of phenolic OH excluding ortho intramolecular Hbond substituents is 1. The quantitative estimate of drug-likeness (QED) is 0.802. The standard InChI is InChI=1S/C13H17Cl2NO2/c14-11-4-8(5-12(15)13(11)18)7-16-9-2-1-3-10(17)6-9/h4-5,9-10,16-18H,1-3,6-7H2/t9-,10+/m1/s1. The number of halogens is 2. The van der Waals surface area contributed by atoms with E-state index < -0.39 is 0 Å². The van der Waals surface area contributed by atoms with E-state index >= 15 is 0 Å². The molecule has 1 aromatic carbocycles. The van der Waals surface area contributed by atoms with Gasteiger partial charge in [0.15, 0.2) is 5.75 Å². The predicted octanol–water partition coefficient (Wildman–Crippen LogP) is 3.09. The first-order valence-electron chi connectivity index (χ1n) is 6.14. The zero-order valence-electron chi connectivity index (χ0n) is 10.00. The molecule has 1 saturated carbocycles. The number of rotatable bonds is 3. The first-order valence-corrected chi connectivity index (χ1v) is 6.90. The lowest BCUT2D eigenvalue weighted by Gasteiger charge is -2.26. The van der Waals surface area contributed by atoms with Gasteiger partial charge in [-0.3, -0.25) is 0 Å². The number of benzene rings is 1. The largest absolute Gasteiger partial charge is 0.505 e. The molecule has 0 bridgehead atoms. The summed E-state index contributed by atoms with van der Waals surface area (Å²) >= 11 is 11.7. The van der Waals surface area contributed by atoms with Gasteiger partial charge in [-0.1, -0.05) is 23.2 Å². The van der Waals surface area contributed by atoms with Gasteiger partial charge in [-0.05, 0) is 43.4 Å². The van der Waals surface area contributed by atoms with E-state index in [0.29, 0.717) is 12.6 Å². The van der Waals surface area contributed by atoms with Crippen LogP contribution in [-0.2, 0) is 6.54 Å². The molecule has 1 aliphatic carbocycles. The van der Waals surface area contributed by atoms with Gasteiger partial charge in [0.05, 0.1) is 16.1 Å². The molecule has 0 aliphatic heterocycles. The van der Waals surface area contributed by atoms with Crippen molar-refractivity contribution < 1.29 is 10.2 Å². The van der Waals surface area contributed by atoms with Gasteiger partial charge < -0.3 is 15.5 Å². The molecule has 2 atom stereocenters. The minimum absolute atomic E-state index is 0.0739. The average Bonchev–Trinajstić information content (AvgIpc) is 2.33. The van der Waals surface area contributed by atoms with Gasteiger partial charge in [-0.2, -0.15) is 0 Å². The van der Waals surface area contributed by atoms with E-state index in [1.807, 2.05) is 0 Å². The third kappa shape index (κ3) is 3.51. The molecule has 5 heteroatoms. The van der Waals surface area contributed by atoms with Crippen LogP contribution in [0.2, 0.25) is 10.0 Å². The Morgan fingerprint density at radius 2 is 1.89 bits per heavy atom. The molecule has 1 aromatic rings. The Kier molecular flexibility index (Phi) is 4.73. The molecule has 0 saturated heterocycles. The number of nitrogens with one attached hydrogen (secondary N) is 1. The Morgan fingerprint density at radius 3 is 2.50 bits per heavy atom. The Bertz CT molecular complexity index is 402. The van der Waals surface area contributed by atoms with Crippen LogP contribution >= 0.6 is 23.2 Å². The van der Waals surface area contributed by atoms with Crippen LogP contribution in [0.3, 0.4) is 0 Å². The van der Waals surface area contributed by atoms with Crippen LogP contribution in [0.4, 0.5) is 0 Å². The summed E-state index contributed by atoms with van der Waals surface area (Å²) in [5, 5.41) is 23.0. The minimum atomic E-state index is -0.191. The first-order chi connectivity index (χ1) is 8.56. The van der Waals surface area contributed by atoms with Crippen molar-refractivity contribution in [2.45, 2.75) is 44.4 Å². The monoisotopic (exact) mass is 289 g/mol. The predicted molar refractivity (Wildman–Crippen MR) is 73.2 cm³/mol. The van der Waals surface area contributed by atoms with E-state index in [2.05, 4.69) is 5.32 Å². The van der Waals surface area contributed by atoms with Crippen molar-refractivity contribution in [2.75, 3.05) is 0 Å². The maximum Gasteiger partial charge on any atom is 0.152 e. The maximum absolute atomic E-state index is 9.59. The molecular formula is C13H17Cl2NO2. The summed E-state index contributed by atoms with van der Waals surface area (Å²) in [6.07, 6.45) is 3.63. The van der Waals surface area contributed by atoms with Gasteiger partial charge in [-0.25, -0.2) is 0 Å². The highest BCUT2D eigenvalue weighted by Gasteiger charge is 2.19. The van der Waals surface area contributed by atoms with Crippen molar-refractivity contribution in [1.82, 2.24) is 5.32 Å². The highest BCUT2D eigenvalue weighted by molar-refractivity contribution is 6.37. The van der Waals surface area contributed by atoms with E-state index in [9.17, 15) is 10.2 Å². The van der Waals surface area contributed by atoms with Gasteiger partial charge in [0.2, 0.25) is 0 Å². The summed E-state index contributed by atoms with van der Waals surface area (Å²) in [5.74, 6) is -0.0739. The molecule has 0 amide bonds. The topological polar surface area (TPSA) is 52.5 Å². The molecule has 18 heavy (non-hydrogen) atoms. The lowest BCUT2D eigenvalue weighted by Crippen LogP contribution is -2.35. The molecule has 0 aromatic heterocycles. The number of phenols is 1. The van der Waals surface area contributed by atoms with Crippen LogP contribution in [-0.4, -0.2) is 22.4 Å². The molecule has 0 spiro atoms. The third-order valence-corrected chi connectivity index (χ3v) is 3.89. The Hall–Kier alpha value is -0.480. The van der Waals surface area contributed by atoms with Crippen molar-refractivity contribution in [3.63, 3.8) is 0 Å². The second kappa shape index (κ2) is 6.11. The molecule has 1 aliphatic rings. The van der Waals surface area contributed by atoms with Gasteiger partial charge >= 0.3 is 0 Å². The van der Waals surface area contributed by atoms with Crippen LogP contribution in [0.5, 0.6) is 5.75 Å². The van der Waals surface area contributed by atoms with Crippen molar-refractivity contribution in [2.24, 2.45) is 0 Å². The van der Waals surface area contributed by atoms with Crippen LogP contribution in [0, 0.1) is 0 Å². The van der Waals surface area contributed by atoms with E-state index in [0.717, 1.165) is 31.2 Å². The summed E-state index contributed by atoms with van der Waals surface area (Å²) in [5.41, 5.74) is 0.933. The fourth-order valence-corrected chi connectivity index (χ4v) is 2.86. The van der Waals surface area contributed by atoms with Crippen LogP contribution in [0.1, 0.15) is 31.2 Å². The average molecular weight is 290 g/mol. The SMILES string of the molecule is Oc1c(Cl)cc(CN[C@@H]2CCC[C@H](O)C2)cc1Cl. The highest BCUT2D eigenvalue weighted by Crippen LogP contribution is 2.32. The molecule has 100 valence electrons. The molecule has 2 rings (SSSR count). The minimum Gasteiger partial charge on any atom is -0.505 e. The van der Waals surface area contributed by atoms with Crippen LogP contribution < -0.4 is 5.32 Å². The van der Waals surface area contributed by atoms with Crippen molar-refractivity contribution in [3.8, 4) is 5.75 Å². The second-order valence-electron chi connectivity index (χ2n) is 4.81. The van der Waals surface area contributed by atoms with Crippen LogP contribution in [0.25, 0.3) is 0 Å². The lowest BCUT2D eigenvalue weighted by atomic mass is 9.93. The lowest BCUT2D eigenvalue weighted by molar-refractivity contribution is 0.111. The zero-order valence-corrected chi connectivity index (χ0v) is 11.5. The molecule has 0 unspecified atom stereocenters. The van der Waals surface area contributed by atoms with Gasteiger partial charge in [-0.15, -0.1) is 0 Å². The van der Waals surface area contributed by atoms with Gasteiger partial charge in [0, 0.05) is 12.6 Å². The van der Waals surface area contributed by atoms with Crippen molar-refractivity contribution >= 4 is 23.2 Å². The summed E-state index contributed by atoms with van der Waals surface area (Å²) in [6.45, 7) is 0.636. The molecule has 3 N–H and O–H groups in total. The number of hydrogen-bond donors (Lipinski definition) is 3. The van der Waals surface area contributed by atoms with E-state index in [1.165, 1.54) is 0 Å². The summed E-state index contributed by atoms with van der Waals surface area (Å²) in [7, 11) is 0. The van der Waals surface area contributed by atoms with Gasteiger partial charge in [0.1, 0.15) is 0 Å².